The predicted molar refractivity (Wildman–Crippen MR) is 183 cm³/mol. The molecule has 0 spiro atoms. The molecule has 0 N–H and O–H groups in total. The van der Waals surface area contributed by atoms with Crippen molar-refractivity contribution in [3.63, 3.8) is 0 Å². The summed E-state index contributed by atoms with van der Waals surface area (Å²) in [7, 11) is 0. The minimum atomic E-state index is 0.206. The molecular formula is C41H31NS. The molecule has 1 aromatic heterocycles. The van der Waals surface area contributed by atoms with Gasteiger partial charge in [-0.25, -0.2) is 0 Å². The summed E-state index contributed by atoms with van der Waals surface area (Å²) in [4.78, 5) is 4.11. The standard InChI is InChI=1S/C41H31NS/c1-26-11-10-14-28(23-26)30-19-21-36-34(24-30)39-40(42(36)31-15-6-3-7-16-31)33-18-9-8-17-32(33)38-35-25-29(27-12-4-2-5-13-27)20-22-37(35)43-41(38)39/h2-22,24-26,39-40H,23H2,1H3. The molecule has 0 saturated carbocycles. The molecule has 0 amide bonds. The second kappa shape index (κ2) is 9.69. The first-order valence-corrected chi connectivity index (χ1v) is 16.1. The number of hydrogen-bond acceptors (Lipinski definition) is 2. The maximum Gasteiger partial charge on any atom is 0.0715 e. The number of rotatable bonds is 3. The lowest BCUT2D eigenvalue weighted by atomic mass is 9.77. The van der Waals surface area contributed by atoms with Crippen LogP contribution in [-0.4, -0.2) is 0 Å². The Morgan fingerprint density at radius 2 is 1.47 bits per heavy atom. The number of fused-ring (bicyclic) bond motifs is 10. The first-order valence-electron chi connectivity index (χ1n) is 15.3. The molecule has 2 aliphatic carbocycles. The number of nitrogens with zero attached hydrogens (tertiary/aromatic N) is 1. The van der Waals surface area contributed by atoms with Crippen LogP contribution >= 0.6 is 11.3 Å². The Morgan fingerprint density at radius 1 is 0.698 bits per heavy atom. The molecule has 2 heteroatoms. The van der Waals surface area contributed by atoms with Crippen LogP contribution in [0.3, 0.4) is 0 Å². The van der Waals surface area contributed by atoms with Crippen LogP contribution in [0.4, 0.5) is 11.4 Å². The molecular weight excluding hydrogens is 539 g/mol. The smallest absolute Gasteiger partial charge is 0.0715 e. The summed E-state index contributed by atoms with van der Waals surface area (Å²) < 4.78 is 1.37. The van der Waals surface area contributed by atoms with E-state index in [9.17, 15) is 0 Å². The third kappa shape index (κ3) is 3.83. The summed E-state index contributed by atoms with van der Waals surface area (Å²) >= 11 is 1.99. The second-order valence-corrected chi connectivity index (χ2v) is 13.2. The van der Waals surface area contributed by atoms with E-state index in [0.717, 1.165) is 6.42 Å². The fourth-order valence-electron chi connectivity index (χ4n) is 7.65. The van der Waals surface area contributed by atoms with Crippen LogP contribution in [0, 0.1) is 5.92 Å². The number of benzene rings is 5. The molecule has 1 aliphatic heterocycles. The van der Waals surface area contributed by atoms with E-state index in [-0.39, 0.29) is 12.0 Å². The highest BCUT2D eigenvalue weighted by atomic mass is 32.1. The molecule has 0 fully saturated rings. The molecule has 2 heterocycles. The topological polar surface area (TPSA) is 3.24 Å². The van der Waals surface area contributed by atoms with Crippen molar-refractivity contribution in [2.45, 2.75) is 25.3 Å². The fraction of sp³-hybridized carbons (Fsp3) is 0.122. The van der Waals surface area contributed by atoms with Crippen LogP contribution < -0.4 is 4.90 Å². The van der Waals surface area contributed by atoms with Crippen molar-refractivity contribution < 1.29 is 0 Å². The molecule has 43 heavy (non-hydrogen) atoms. The van der Waals surface area contributed by atoms with E-state index in [1.807, 2.05) is 11.3 Å². The van der Waals surface area contributed by atoms with E-state index >= 15 is 0 Å². The monoisotopic (exact) mass is 569 g/mol. The highest BCUT2D eigenvalue weighted by Crippen LogP contribution is 2.63. The summed E-state index contributed by atoms with van der Waals surface area (Å²) in [6, 6.07) is 45.5. The van der Waals surface area contributed by atoms with Gasteiger partial charge in [0.25, 0.3) is 0 Å². The van der Waals surface area contributed by atoms with Gasteiger partial charge in [0, 0.05) is 37.8 Å². The van der Waals surface area contributed by atoms with E-state index in [1.165, 1.54) is 70.9 Å². The second-order valence-electron chi connectivity index (χ2n) is 12.2. The van der Waals surface area contributed by atoms with E-state index < -0.39 is 0 Å². The van der Waals surface area contributed by atoms with Gasteiger partial charge in [0.15, 0.2) is 0 Å². The Balaban J connectivity index is 1.31. The zero-order valence-electron chi connectivity index (χ0n) is 24.1. The molecule has 5 aromatic carbocycles. The first-order chi connectivity index (χ1) is 21.2. The highest BCUT2D eigenvalue weighted by Gasteiger charge is 2.47. The summed E-state index contributed by atoms with van der Waals surface area (Å²) in [6.07, 6.45) is 7.96. The van der Waals surface area contributed by atoms with Crippen LogP contribution in [0.5, 0.6) is 0 Å². The molecule has 3 atom stereocenters. The number of para-hydroxylation sites is 1. The van der Waals surface area contributed by atoms with Crippen molar-refractivity contribution in [2.75, 3.05) is 4.90 Å². The van der Waals surface area contributed by atoms with Gasteiger partial charge in [0.1, 0.15) is 0 Å². The molecule has 0 radical (unpaired) electrons. The first kappa shape index (κ1) is 24.9. The van der Waals surface area contributed by atoms with Gasteiger partial charge in [-0.05, 0) is 87.7 Å². The Bertz CT molecular complexity index is 2080. The Labute approximate surface area is 257 Å². The number of anilines is 2. The van der Waals surface area contributed by atoms with Gasteiger partial charge in [-0.15, -0.1) is 11.3 Å². The summed E-state index contributed by atoms with van der Waals surface area (Å²) in [5, 5.41) is 1.37. The fourth-order valence-corrected chi connectivity index (χ4v) is 9.00. The zero-order chi connectivity index (χ0) is 28.5. The molecule has 0 saturated heterocycles. The van der Waals surface area contributed by atoms with Crippen molar-refractivity contribution in [2.24, 2.45) is 5.92 Å². The van der Waals surface area contributed by atoms with Gasteiger partial charge >= 0.3 is 0 Å². The molecule has 3 unspecified atom stereocenters. The largest absolute Gasteiger partial charge is 0.333 e. The quantitative estimate of drug-likeness (QED) is 0.205. The molecule has 9 rings (SSSR count). The number of hydrogen-bond donors (Lipinski definition) is 0. The lowest BCUT2D eigenvalue weighted by Gasteiger charge is -2.35. The van der Waals surface area contributed by atoms with E-state index in [4.69, 9.17) is 0 Å². The average Bonchev–Trinajstić information content (AvgIpc) is 3.61. The molecule has 0 bridgehead atoms. The van der Waals surface area contributed by atoms with Gasteiger partial charge in [0.05, 0.1) is 6.04 Å². The molecule has 6 aromatic rings. The molecule has 206 valence electrons. The van der Waals surface area contributed by atoms with Crippen molar-refractivity contribution in [1.82, 2.24) is 0 Å². The minimum Gasteiger partial charge on any atom is -0.333 e. The van der Waals surface area contributed by atoms with Gasteiger partial charge < -0.3 is 4.90 Å². The van der Waals surface area contributed by atoms with Crippen LogP contribution in [0.15, 0.2) is 140 Å². The van der Waals surface area contributed by atoms with Crippen molar-refractivity contribution in [1.29, 1.82) is 0 Å². The van der Waals surface area contributed by atoms with E-state index in [2.05, 4.69) is 151 Å². The average molecular weight is 570 g/mol. The summed E-state index contributed by atoms with van der Waals surface area (Å²) in [5.41, 5.74) is 13.6. The van der Waals surface area contributed by atoms with E-state index in [1.54, 1.807) is 0 Å². The normalized spacial score (nSPS) is 19.9. The summed E-state index contributed by atoms with van der Waals surface area (Å²) in [6.45, 7) is 2.31. The van der Waals surface area contributed by atoms with Crippen LogP contribution in [0.25, 0.3) is 37.9 Å². The van der Waals surface area contributed by atoms with E-state index in [0.29, 0.717) is 5.92 Å². The SMILES string of the molecule is CC1C=CC=C(c2ccc3c(c2)C2c4sc5ccc(-c6ccccc6)cc5c4-c4ccccc4C2N3c2ccccc2)C1. The van der Waals surface area contributed by atoms with Gasteiger partial charge in [-0.1, -0.05) is 110 Å². The van der Waals surface area contributed by atoms with Gasteiger partial charge in [0.2, 0.25) is 0 Å². The zero-order valence-corrected chi connectivity index (χ0v) is 24.9. The third-order valence-electron chi connectivity index (χ3n) is 9.55. The summed E-state index contributed by atoms with van der Waals surface area (Å²) in [5.74, 6) is 0.825. The number of allylic oxidation sites excluding steroid dienone is 4. The van der Waals surface area contributed by atoms with Crippen LogP contribution in [-0.2, 0) is 0 Å². The Morgan fingerprint density at radius 3 is 2.30 bits per heavy atom. The predicted octanol–water partition coefficient (Wildman–Crippen LogP) is 11.6. The maximum atomic E-state index is 2.61. The van der Waals surface area contributed by atoms with Crippen molar-refractivity contribution in [3.05, 3.63) is 161 Å². The lowest BCUT2D eigenvalue weighted by Crippen LogP contribution is -2.25. The maximum absolute atomic E-state index is 2.61. The molecule has 3 aliphatic rings. The van der Waals surface area contributed by atoms with Gasteiger partial charge in [-0.2, -0.15) is 0 Å². The Hall–Kier alpha value is -4.66. The van der Waals surface area contributed by atoms with Crippen LogP contribution in [0.2, 0.25) is 0 Å². The van der Waals surface area contributed by atoms with Crippen molar-refractivity contribution >= 4 is 38.4 Å². The Kier molecular flexibility index (Phi) is 5.61. The highest BCUT2D eigenvalue weighted by molar-refractivity contribution is 7.19. The third-order valence-corrected chi connectivity index (χ3v) is 10.8. The van der Waals surface area contributed by atoms with Crippen molar-refractivity contribution in [3.8, 4) is 22.3 Å². The lowest BCUT2D eigenvalue weighted by molar-refractivity contribution is 0.659. The van der Waals surface area contributed by atoms with Crippen LogP contribution in [0.1, 0.15) is 46.9 Å². The number of thiophene rings is 1. The minimum absolute atomic E-state index is 0.206. The van der Waals surface area contributed by atoms with Gasteiger partial charge in [-0.3, -0.25) is 0 Å². The molecule has 1 nitrogen and oxygen atoms in total.